The van der Waals surface area contributed by atoms with Crippen LogP contribution < -0.4 is 5.43 Å². The van der Waals surface area contributed by atoms with Gasteiger partial charge in [-0.15, -0.1) is 11.6 Å². The van der Waals surface area contributed by atoms with Crippen molar-refractivity contribution < 1.29 is 8.78 Å². The van der Waals surface area contributed by atoms with Crippen LogP contribution in [-0.4, -0.2) is 4.98 Å². The lowest BCUT2D eigenvalue weighted by Gasteiger charge is -2.03. The molecule has 0 saturated heterocycles. The Balaban J connectivity index is 3.39. The van der Waals surface area contributed by atoms with Gasteiger partial charge < -0.3 is 4.98 Å². The first-order chi connectivity index (χ1) is 6.07. The van der Waals surface area contributed by atoms with E-state index >= 15 is 0 Å². The third kappa shape index (κ3) is 2.19. The van der Waals surface area contributed by atoms with Crippen LogP contribution in [0.2, 0.25) is 0 Å². The SMILES string of the molecule is O=c1c(CCl)c[nH]c(I)c1C(F)F. The van der Waals surface area contributed by atoms with Crippen molar-refractivity contribution in [2.24, 2.45) is 0 Å². The molecule has 1 aromatic heterocycles. The van der Waals surface area contributed by atoms with Gasteiger partial charge in [-0.1, -0.05) is 0 Å². The number of pyridine rings is 1. The Kier molecular flexibility index (Phi) is 3.66. The number of hydrogen-bond acceptors (Lipinski definition) is 1. The monoisotopic (exact) mass is 319 g/mol. The van der Waals surface area contributed by atoms with Crippen LogP contribution in [0, 0.1) is 3.70 Å². The van der Waals surface area contributed by atoms with E-state index in [0.29, 0.717) is 0 Å². The highest BCUT2D eigenvalue weighted by Gasteiger charge is 2.18. The fraction of sp³-hybridized carbons (Fsp3) is 0.286. The topological polar surface area (TPSA) is 32.9 Å². The fourth-order valence-corrected chi connectivity index (χ4v) is 1.70. The standard InChI is InChI=1S/C7H5ClF2INO/c8-1-3-2-12-7(11)4(5(3)13)6(9)10/h2,6H,1H2,(H,12,13). The summed E-state index contributed by atoms with van der Waals surface area (Å²) in [6.07, 6.45) is -1.41. The number of halogens is 4. The maximum absolute atomic E-state index is 12.3. The van der Waals surface area contributed by atoms with E-state index in [1.54, 1.807) is 22.6 Å². The van der Waals surface area contributed by atoms with Gasteiger partial charge in [0, 0.05) is 11.8 Å². The van der Waals surface area contributed by atoms with Crippen molar-refractivity contribution in [1.29, 1.82) is 0 Å². The van der Waals surface area contributed by atoms with Gasteiger partial charge in [0.05, 0.1) is 15.1 Å². The molecular weight excluding hydrogens is 314 g/mol. The van der Waals surface area contributed by atoms with Crippen LogP contribution in [0.1, 0.15) is 17.6 Å². The van der Waals surface area contributed by atoms with Gasteiger partial charge in [0.1, 0.15) is 0 Å². The van der Waals surface area contributed by atoms with Gasteiger partial charge in [-0.3, -0.25) is 4.79 Å². The van der Waals surface area contributed by atoms with E-state index in [-0.39, 0.29) is 15.1 Å². The van der Waals surface area contributed by atoms with E-state index in [4.69, 9.17) is 11.6 Å². The van der Waals surface area contributed by atoms with Crippen molar-refractivity contribution in [3.8, 4) is 0 Å². The highest BCUT2D eigenvalue weighted by atomic mass is 127. The molecule has 0 saturated carbocycles. The molecule has 0 amide bonds. The van der Waals surface area contributed by atoms with Crippen molar-refractivity contribution in [2.45, 2.75) is 12.3 Å². The quantitative estimate of drug-likeness (QED) is 0.507. The Bertz CT molecular complexity index is 366. The summed E-state index contributed by atoms with van der Waals surface area (Å²) < 4.78 is 24.8. The number of H-pyrrole nitrogens is 1. The zero-order valence-electron chi connectivity index (χ0n) is 6.28. The molecule has 0 atom stereocenters. The molecule has 6 heteroatoms. The molecule has 1 heterocycles. The fourth-order valence-electron chi connectivity index (χ4n) is 0.861. The number of alkyl halides is 3. The summed E-state index contributed by atoms with van der Waals surface area (Å²) in [7, 11) is 0. The Hall–Kier alpha value is -0.170. The Morgan fingerprint density at radius 2 is 2.23 bits per heavy atom. The summed E-state index contributed by atoms with van der Waals surface area (Å²) >= 11 is 7.05. The van der Waals surface area contributed by atoms with Gasteiger partial charge in [-0.2, -0.15) is 0 Å². The van der Waals surface area contributed by atoms with Crippen LogP contribution in [0.4, 0.5) is 8.78 Å². The van der Waals surface area contributed by atoms with Crippen molar-refractivity contribution in [2.75, 3.05) is 0 Å². The van der Waals surface area contributed by atoms with Crippen LogP contribution in [0.15, 0.2) is 11.0 Å². The van der Waals surface area contributed by atoms with Crippen molar-refractivity contribution in [1.82, 2.24) is 4.98 Å². The summed E-state index contributed by atoms with van der Waals surface area (Å²) in [5, 5.41) is 0. The Labute approximate surface area is 91.4 Å². The third-order valence-electron chi connectivity index (χ3n) is 1.51. The Morgan fingerprint density at radius 1 is 1.62 bits per heavy atom. The molecule has 0 aliphatic rings. The van der Waals surface area contributed by atoms with E-state index in [9.17, 15) is 13.6 Å². The maximum atomic E-state index is 12.3. The van der Waals surface area contributed by atoms with Gasteiger partial charge in [-0.25, -0.2) is 8.78 Å². The number of rotatable bonds is 2. The average Bonchev–Trinajstić information content (AvgIpc) is 2.04. The first-order valence-corrected chi connectivity index (χ1v) is 4.93. The zero-order chi connectivity index (χ0) is 10.0. The second-order valence-electron chi connectivity index (χ2n) is 2.31. The first-order valence-electron chi connectivity index (χ1n) is 3.32. The maximum Gasteiger partial charge on any atom is 0.270 e. The molecule has 1 N–H and O–H groups in total. The normalized spacial score (nSPS) is 10.8. The second kappa shape index (κ2) is 4.36. The molecular formula is C7H5ClF2INO. The largest absolute Gasteiger partial charge is 0.356 e. The summed E-state index contributed by atoms with van der Waals surface area (Å²) in [4.78, 5) is 13.8. The molecule has 1 rings (SSSR count). The van der Waals surface area contributed by atoms with Crippen LogP contribution >= 0.6 is 34.2 Å². The molecule has 1 aromatic rings. The number of nitrogens with one attached hydrogen (secondary N) is 1. The van der Waals surface area contributed by atoms with Crippen molar-refractivity contribution >= 4 is 34.2 Å². The van der Waals surface area contributed by atoms with Gasteiger partial charge in [0.25, 0.3) is 6.43 Å². The number of aromatic nitrogens is 1. The van der Waals surface area contributed by atoms with E-state index in [2.05, 4.69) is 4.98 Å². The molecule has 13 heavy (non-hydrogen) atoms. The van der Waals surface area contributed by atoms with Gasteiger partial charge in [0.2, 0.25) is 0 Å². The molecule has 0 fully saturated rings. The first kappa shape index (κ1) is 10.9. The van der Waals surface area contributed by atoms with Crippen LogP contribution in [0.3, 0.4) is 0 Å². The molecule has 0 unspecified atom stereocenters. The predicted molar refractivity (Wildman–Crippen MR) is 54.3 cm³/mol. The minimum Gasteiger partial charge on any atom is -0.356 e. The smallest absolute Gasteiger partial charge is 0.270 e. The third-order valence-corrected chi connectivity index (χ3v) is 2.69. The molecule has 0 bridgehead atoms. The summed E-state index contributed by atoms with van der Waals surface area (Å²) in [6, 6.07) is 0. The number of hydrogen-bond donors (Lipinski definition) is 1. The van der Waals surface area contributed by atoms with Crippen molar-refractivity contribution in [3.05, 3.63) is 31.2 Å². The van der Waals surface area contributed by atoms with Crippen molar-refractivity contribution in [3.63, 3.8) is 0 Å². The van der Waals surface area contributed by atoms with Gasteiger partial charge >= 0.3 is 0 Å². The molecule has 0 aliphatic heterocycles. The molecule has 72 valence electrons. The molecule has 0 spiro atoms. The van der Waals surface area contributed by atoms with Crippen LogP contribution in [0.5, 0.6) is 0 Å². The van der Waals surface area contributed by atoms with E-state index in [1.807, 2.05) is 0 Å². The van der Waals surface area contributed by atoms with Gasteiger partial charge in [-0.05, 0) is 22.6 Å². The highest BCUT2D eigenvalue weighted by molar-refractivity contribution is 14.1. The predicted octanol–water partition coefficient (Wildman–Crippen LogP) is 2.66. The minimum atomic E-state index is -2.76. The lowest BCUT2D eigenvalue weighted by molar-refractivity contribution is 0.148. The van der Waals surface area contributed by atoms with Crippen LogP contribution in [0.25, 0.3) is 0 Å². The second-order valence-corrected chi connectivity index (χ2v) is 3.65. The van der Waals surface area contributed by atoms with E-state index < -0.39 is 17.4 Å². The average molecular weight is 319 g/mol. The minimum absolute atomic E-state index is 0.0635. The van der Waals surface area contributed by atoms with Crippen LogP contribution in [-0.2, 0) is 5.88 Å². The Morgan fingerprint density at radius 3 is 2.69 bits per heavy atom. The lowest BCUT2D eigenvalue weighted by Crippen LogP contribution is -2.16. The zero-order valence-corrected chi connectivity index (χ0v) is 9.20. The van der Waals surface area contributed by atoms with E-state index in [0.717, 1.165) is 0 Å². The molecule has 0 radical (unpaired) electrons. The molecule has 2 nitrogen and oxygen atoms in total. The summed E-state index contributed by atoms with van der Waals surface area (Å²) in [5.41, 5.74) is -1.01. The highest BCUT2D eigenvalue weighted by Crippen LogP contribution is 2.19. The van der Waals surface area contributed by atoms with Gasteiger partial charge in [0.15, 0.2) is 5.43 Å². The molecule has 0 aliphatic carbocycles. The summed E-state index contributed by atoms with van der Waals surface area (Å²) in [6.45, 7) is 0. The summed E-state index contributed by atoms with van der Waals surface area (Å²) in [5.74, 6) is -0.0635. The van der Waals surface area contributed by atoms with E-state index in [1.165, 1.54) is 6.20 Å². The number of aromatic amines is 1. The molecule has 0 aromatic carbocycles. The lowest BCUT2D eigenvalue weighted by atomic mass is 10.2.